The van der Waals surface area contributed by atoms with Gasteiger partial charge in [-0.05, 0) is 35.4 Å². The van der Waals surface area contributed by atoms with Crippen LogP contribution in [0.25, 0.3) is 11.1 Å². The van der Waals surface area contributed by atoms with Crippen molar-refractivity contribution in [3.63, 3.8) is 0 Å². The number of hydrogen-bond acceptors (Lipinski definition) is 3. The standard InChI is InChI=1S/C12H9NO2.C6H6O/c14-13(15)12-8-6-11(7-9-12)10-4-2-1-3-5-10;7-6-4-2-1-3-5-6/h1-9H;1-5,7H. The van der Waals surface area contributed by atoms with Gasteiger partial charge in [-0.1, -0.05) is 48.5 Å². The van der Waals surface area contributed by atoms with Gasteiger partial charge in [-0.25, -0.2) is 0 Å². The van der Waals surface area contributed by atoms with Gasteiger partial charge in [0.1, 0.15) is 5.75 Å². The molecule has 0 aliphatic carbocycles. The van der Waals surface area contributed by atoms with Gasteiger partial charge in [0.05, 0.1) is 4.92 Å². The maximum Gasteiger partial charge on any atom is 0.269 e. The fourth-order valence-corrected chi connectivity index (χ4v) is 1.83. The topological polar surface area (TPSA) is 63.4 Å². The highest BCUT2D eigenvalue weighted by molar-refractivity contribution is 5.64. The monoisotopic (exact) mass is 293 g/mol. The fraction of sp³-hybridized carbons (Fsp3) is 0. The summed E-state index contributed by atoms with van der Waals surface area (Å²) in [7, 11) is 0. The molecule has 110 valence electrons. The van der Waals surface area contributed by atoms with Crippen LogP contribution in [0.4, 0.5) is 5.69 Å². The van der Waals surface area contributed by atoms with Gasteiger partial charge in [0.25, 0.3) is 5.69 Å². The average Bonchev–Trinajstić information content (AvgIpc) is 2.57. The van der Waals surface area contributed by atoms with Gasteiger partial charge in [-0.2, -0.15) is 0 Å². The molecule has 4 heteroatoms. The number of nitrogens with zero attached hydrogens (tertiary/aromatic N) is 1. The third-order valence-corrected chi connectivity index (χ3v) is 2.94. The summed E-state index contributed by atoms with van der Waals surface area (Å²) in [6, 6.07) is 25.0. The summed E-state index contributed by atoms with van der Waals surface area (Å²) in [6.45, 7) is 0. The smallest absolute Gasteiger partial charge is 0.269 e. The van der Waals surface area contributed by atoms with Gasteiger partial charge in [0, 0.05) is 12.1 Å². The Balaban J connectivity index is 0.000000211. The number of aromatic hydroxyl groups is 1. The lowest BCUT2D eigenvalue weighted by Gasteiger charge is -1.99. The first-order valence-electron chi connectivity index (χ1n) is 6.71. The van der Waals surface area contributed by atoms with Crippen LogP contribution in [0.5, 0.6) is 5.75 Å². The Bertz CT molecular complexity index is 710. The SMILES string of the molecule is O=[N+]([O-])c1ccc(-c2ccccc2)cc1.Oc1ccccc1. The first-order valence-corrected chi connectivity index (χ1v) is 6.71. The van der Waals surface area contributed by atoms with Gasteiger partial charge in [-0.3, -0.25) is 10.1 Å². The molecule has 0 bridgehead atoms. The van der Waals surface area contributed by atoms with E-state index in [0.717, 1.165) is 11.1 Å². The molecule has 0 aromatic heterocycles. The van der Waals surface area contributed by atoms with Gasteiger partial charge >= 0.3 is 0 Å². The minimum absolute atomic E-state index is 0.120. The van der Waals surface area contributed by atoms with E-state index < -0.39 is 4.92 Å². The van der Waals surface area contributed by atoms with Crippen molar-refractivity contribution < 1.29 is 10.0 Å². The number of benzene rings is 3. The van der Waals surface area contributed by atoms with Crippen LogP contribution in [-0.2, 0) is 0 Å². The average molecular weight is 293 g/mol. The van der Waals surface area contributed by atoms with E-state index in [4.69, 9.17) is 5.11 Å². The molecule has 0 radical (unpaired) electrons. The van der Waals surface area contributed by atoms with E-state index in [0.29, 0.717) is 5.75 Å². The van der Waals surface area contributed by atoms with Crippen LogP contribution in [0.3, 0.4) is 0 Å². The fourth-order valence-electron chi connectivity index (χ4n) is 1.83. The van der Waals surface area contributed by atoms with Gasteiger partial charge in [0.15, 0.2) is 0 Å². The minimum Gasteiger partial charge on any atom is -0.508 e. The number of hydrogen-bond donors (Lipinski definition) is 1. The predicted molar refractivity (Wildman–Crippen MR) is 86.6 cm³/mol. The Hall–Kier alpha value is -3.14. The third kappa shape index (κ3) is 4.45. The second-order valence-corrected chi connectivity index (χ2v) is 4.51. The summed E-state index contributed by atoms with van der Waals surface area (Å²) < 4.78 is 0. The molecule has 3 aromatic carbocycles. The molecule has 0 unspecified atom stereocenters. The highest BCUT2D eigenvalue weighted by Gasteiger charge is 2.04. The molecule has 0 amide bonds. The molecular formula is C18H15NO3. The largest absolute Gasteiger partial charge is 0.508 e. The summed E-state index contributed by atoms with van der Waals surface area (Å²) in [5.74, 6) is 0.322. The van der Waals surface area contributed by atoms with E-state index in [1.54, 1.807) is 36.4 Å². The molecule has 4 nitrogen and oxygen atoms in total. The van der Waals surface area contributed by atoms with Crippen molar-refractivity contribution >= 4 is 5.69 Å². The molecule has 0 fully saturated rings. The first kappa shape index (κ1) is 15.3. The number of rotatable bonds is 2. The molecule has 0 saturated heterocycles. The van der Waals surface area contributed by atoms with Crippen molar-refractivity contribution in [3.05, 3.63) is 95.0 Å². The number of phenols is 1. The number of nitro benzene ring substituents is 1. The summed E-state index contributed by atoms with van der Waals surface area (Å²) in [5, 5.41) is 19.1. The van der Waals surface area contributed by atoms with Crippen LogP contribution in [0, 0.1) is 10.1 Å². The normalized spacial score (nSPS) is 9.45. The van der Waals surface area contributed by atoms with Crippen molar-refractivity contribution in [1.29, 1.82) is 0 Å². The highest BCUT2D eigenvalue weighted by atomic mass is 16.6. The Morgan fingerprint density at radius 1 is 0.682 bits per heavy atom. The lowest BCUT2D eigenvalue weighted by Crippen LogP contribution is -1.86. The number of non-ortho nitro benzene ring substituents is 1. The van der Waals surface area contributed by atoms with E-state index in [-0.39, 0.29) is 5.69 Å². The van der Waals surface area contributed by atoms with Crippen molar-refractivity contribution in [2.45, 2.75) is 0 Å². The molecule has 0 heterocycles. The van der Waals surface area contributed by atoms with E-state index in [9.17, 15) is 10.1 Å². The molecule has 3 rings (SSSR count). The zero-order chi connectivity index (χ0) is 15.8. The van der Waals surface area contributed by atoms with Crippen LogP contribution in [0.2, 0.25) is 0 Å². The Labute approximate surface area is 128 Å². The molecule has 0 atom stereocenters. The zero-order valence-electron chi connectivity index (χ0n) is 11.8. The second-order valence-electron chi connectivity index (χ2n) is 4.51. The Morgan fingerprint density at radius 3 is 1.55 bits per heavy atom. The number of para-hydroxylation sites is 1. The molecule has 3 aromatic rings. The summed E-state index contributed by atoms with van der Waals surface area (Å²) >= 11 is 0. The third-order valence-electron chi connectivity index (χ3n) is 2.94. The molecular weight excluding hydrogens is 278 g/mol. The van der Waals surface area contributed by atoms with Crippen LogP contribution in [-0.4, -0.2) is 10.0 Å². The quantitative estimate of drug-likeness (QED) is 0.552. The van der Waals surface area contributed by atoms with Crippen molar-refractivity contribution in [2.24, 2.45) is 0 Å². The molecule has 22 heavy (non-hydrogen) atoms. The molecule has 0 saturated carbocycles. The lowest BCUT2D eigenvalue weighted by atomic mass is 10.1. The lowest BCUT2D eigenvalue weighted by molar-refractivity contribution is -0.384. The molecule has 1 N–H and O–H groups in total. The van der Waals surface area contributed by atoms with Crippen LogP contribution in [0.15, 0.2) is 84.9 Å². The van der Waals surface area contributed by atoms with E-state index in [1.165, 1.54) is 12.1 Å². The van der Waals surface area contributed by atoms with E-state index in [1.807, 2.05) is 36.4 Å². The van der Waals surface area contributed by atoms with Crippen molar-refractivity contribution in [2.75, 3.05) is 0 Å². The zero-order valence-corrected chi connectivity index (χ0v) is 11.8. The van der Waals surface area contributed by atoms with E-state index in [2.05, 4.69) is 0 Å². The second kappa shape index (κ2) is 7.59. The van der Waals surface area contributed by atoms with Crippen LogP contribution < -0.4 is 0 Å². The van der Waals surface area contributed by atoms with Crippen molar-refractivity contribution in [1.82, 2.24) is 0 Å². The number of phenolic OH excluding ortho intramolecular Hbond substituents is 1. The molecule has 0 aliphatic heterocycles. The maximum absolute atomic E-state index is 10.5. The Morgan fingerprint density at radius 2 is 1.14 bits per heavy atom. The minimum atomic E-state index is -0.394. The van der Waals surface area contributed by atoms with E-state index >= 15 is 0 Å². The van der Waals surface area contributed by atoms with Crippen LogP contribution >= 0.6 is 0 Å². The summed E-state index contributed by atoms with van der Waals surface area (Å²) in [5.41, 5.74) is 2.17. The number of nitro groups is 1. The maximum atomic E-state index is 10.5. The molecule has 0 spiro atoms. The Kier molecular flexibility index (Phi) is 5.26. The summed E-state index contributed by atoms with van der Waals surface area (Å²) in [4.78, 5) is 10.1. The van der Waals surface area contributed by atoms with Gasteiger partial charge < -0.3 is 5.11 Å². The van der Waals surface area contributed by atoms with Crippen LogP contribution in [0.1, 0.15) is 0 Å². The van der Waals surface area contributed by atoms with Gasteiger partial charge in [-0.15, -0.1) is 0 Å². The van der Waals surface area contributed by atoms with Gasteiger partial charge in [0.2, 0.25) is 0 Å². The summed E-state index contributed by atoms with van der Waals surface area (Å²) in [6.07, 6.45) is 0. The molecule has 0 aliphatic rings. The predicted octanol–water partition coefficient (Wildman–Crippen LogP) is 4.65. The highest BCUT2D eigenvalue weighted by Crippen LogP contribution is 2.21. The van der Waals surface area contributed by atoms with Crippen molar-refractivity contribution in [3.8, 4) is 16.9 Å². The first-order chi connectivity index (χ1) is 10.7.